The van der Waals surface area contributed by atoms with Crippen molar-refractivity contribution in [2.75, 3.05) is 0 Å². The van der Waals surface area contributed by atoms with Crippen molar-refractivity contribution >= 4 is 0 Å². The van der Waals surface area contributed by atoms with E-state index >= 15 is 0 Å². The molecule has 0 saturated heterocycles. The van der Waals surface area contributed by atoms with Gasteiger partial charge < -0.3 is 15.3 Å². The predicted molar refractivity (Wildman–Crippen MR) is 72.3 cm³/mol. The van der Waals surface area contributed by atoms with Crippen LogP contribution in [0.2, 0.25) is 0 Å². The maximum absolute atomic E-state index is 10.4. The number of phenols is 1. The van der Waals surface area contributed by atoms with Crippen LogP contribution < -0.4 is 0 Å². The van der Waals surface area contributed by atoms with Gasteiger partial charge in [-0.05, 0) is 49.3 Å². The molecule has 1 atom stereocenters. The molecule has 0 aliphatic rings. The lowest BCUT2D eigenvalue weighted by Gasteiger charge is -2.24. The van der Waals surface area contributed by atoms with Gasteiger partial charge >= 0.3 is 0 Å². The number of phenolic OH excluding ortho intramolecular Hbond substituents is 1. The Hall–Kier alpha value is -2.00. The quantitative estimate of drug-likeness (QED) is 0.565. The van der Waals surface area contributed by atoms with Crippen LogP contribution in [0.15, 0.2) is 60.4 Å². The van der Waals surface area contributed by atoms with E-state index in [1.54, 1.807) is 38.1 Å². The Morgan fingerprint density at radius 2 is 1.78 bits per heavy atom. The van der Waals surface area contributed by atoms with Crippen molar-refractivity contribution in [3.05, 3.63) is 66.0 Å². The van der Waals surface area contributed by atoms with Gasteiger partial charge in [-0.2, -0.15) is 0 Å². The molecule has 0 fully saturated rings. The Labute approximate surface area is 107 Å². The molecule has 1 unspecified atom stereocenters. The first-order valence-electron chi connectivity index (χ1n) is 5.62. The molecule has 3 nitrogen and oxygen atoms in total. The highest BCUT2D eigenvalue weighted by molar-refractivity contribution is 5.39. The molecule has 0 saturated carbocycles. The lowest BCUT2D eigenvalue weighted by atomic mass is 9.88. The molecule has 3 N–H and O–H groups in total. The summed E-state index contributed by atoms with van der Waals surface area (Å²) in [7, 11) is 0. The summed E-state index contributed by atoms with van der Waals surface area (Å²) in [4.78, 5) is 0. The van der Waals surface area contributed by atoms with Crippen molar-refractivity contribution in [2.24, 2.45) is 0 Å². The van der Waals surface area contributed by atoms with Crippen LogP contribution in [0.1, 0.15) is 19.4 Å². The molecule has 1 aromatic carbocycles. The summed E-state index contributed by atoms with van der Waals surface area (Å²) >= 11 is 0. The average molecular weight is 246 g/mol. The number of aliphatic hydroxyl groups excluding tert-OH is 1. The monoisotopic (exact) mass is 246 g/mol. The number of aromatic hydroxyl groups is 1. The molecule has 0 spiro atoms. The van der Waals surface area contributed by atoms with Gasteiger partial charge in [0.05, 0.1) is 0 Å². The third-order valence-electron chi connectivity index (χ3n) is 2.81. The van der Waals surface area contributed by atoms with Gasteiger partial charge in [-0.3, -0.25) is 0 Å². The summed E-state index contributed by atoms with van der Waals surface area (Å²) in [6.07, 6.45) is 4.57. The normalized spacial score (nSPS) is 15.6. The minimum Gasteiger partial charge on any atom is -0.508 e. The topological polar surface area (TPSA) is 60.7 Å². The molecular formula is C15H18O3. The molecule has 3 heteroatoms. The highest BCUT2D eigenvalue weighted by Gasteiger charge is 2.25. The van der Waals surface area contributed by atoms with Crippen LogP contribution in [0.25, 0.3) is 0 Å². The Kier molecular flexibility index (Phi) is 4.34. The van der Waals surface area contributed by atoms with E-state index in [0.29, 0.717) is 11.1 Å². The van der Waals surface area contributed by atoms with Crippen molar-refractivity contribution < 1.29 is 15.3 Å². The molecular weight excluding hydrogens is 228 g/mol. The Balaban J connectivity index is 2.96. The van der Waals surface area contributed by atoms with Crippen molar-refractivity contribution in [2.45, 2.75) is 19.4 Å². The minimum absolute atomic E-state index is 0.109. The van der Waals surface area contributed by atoms with Gasteiger partial charge in [0, 0.05) is 0 Å². The molecule has 0 heterocycles. The van der Waals surface area contributed by atoms with E-state index < -0.39 is 5.60 Å². The van der Waals surface area contributed by atoms with Gasteiger partial charge in [-0.25, -0.2) is 0 Å². The van der Waals surface area contributed by atoms with E-state index in [1.807, 2.05) is 0 Å². The first-order chi connectivity index (χ1) is 8.37. The molecule has 0 radical (unpaired) electrons. The number of hydrogen-bond acceptors (Lipinski definition) is 3. The lowest BCUT2D eigenvalue weighted by molar-refractivity contribution is 0.102. The lowest BCUT2D eigenvalue weighted by Crippen LogP contribution is -2.22. The SMILES string of the molecule is C=C(/C=C\C(O)=C/C)C(C)(O)c1ccc(O)cc1. The van der Waals surface area contributed by atoms with E-state index in [-0.39, 0.29) is 11.5 Å². The number of allylic oxidation sites excluding steroid dienone is 2. The van der Waals surface area contributed by atoms with Crippen molar-refractivity contribution in [3.8, 4) is 5.75 Å². The van der Waals surface area contributed by atoms with Gasteiger partial charge in [0.2, 0.25) is 0 Å². The predicted octanol–water partition coefficient (Wildman–Crippen LogP) is 3.17. The van der Waals surface area contributed by atoms with E-state index in [2.05, 4.69) is 6.58 Å². The molecule has 1 rings (SSSR count). The Morgan fingerprint density at radius 3 is 2.28 bits per heavy atom. The van der Waals surface area contributed by atoms with E-state index in [9.17, 15) is 15.3 Å². The molecule has 0 amide bonds. The third-order valence-corrected chi connectivity index (χ3v) is 2.81. The Morgan fingerprint density at radius 1 is 1.22 bits per heavy atom. The molecule has 0 bridgehead atoms. The van der Waals surface area contributed by atoms with Crippen molar-refractivity contribution in [3.63, 3.8) is 0 Å². The van der Waals surface area contributed by atoms with Crippen molar-refractivity contribution in [1.82, 2.24) is 0 Å². The molecule has 96 valence electrons. The van der Waals surface area contributed by atoms with E-state index in [1.165, 1.54) is 18.2 Å². The summed E-state index contributed by atoms with van der Waals surface area (Å²) in [6, 6.07) is 6.27. The largest absolute Gasteiger partial charge is 0.508 e. The zero-order chi connectivity index (χ0) is 13.8. The number of aliphatic hydroxyl groups is 2. The standard InChI is InChI=1S/C15H18O3/c1-4-13(16)8-5-11(2)15(3,18)12-6-9-14(17)10-7-12/h4-10,16-18H,2H2,1,3H3/b8-5-,13-4+. The maximum atomic E-state index is 10.4. The van der Waals surface area contributed by atoms with Crippen molar-refractivity contribution in [1.29, 1.82) is 0 Å². The van der Waals surface area contributed by atoms with Gasteiger partial charge in [0.15, 0.2) is 0 Å². The third kappa shape index (κ3) is 3.25. The summed E-state index contributed by atoms with van der Waals surface area (Å²) in [5, 5.41) is 28.9. The van der Waals surface area contributed by atoms with Crippen LogP contribution in [0.3, 0.4) is 0 Å². The molecule has 0 aliphatic carbocycles. The molecule has 0 aromatic heterocycles. The number of hydrogen-bond donors (Lipinski definition) is 3. The average Bonchev–Trinajstić information content (AvgIpc) is 2.35. The fraction of sp³-hybridized carbons (Fsp3) is 0.200. The molecule has 1 aromatic rings. The molecule has 18 heavy (non-hydrogen) atoms. The van der Waals surface area contributed by atoms with Crippen LogP contribution in [0, 0.1) is 0 Å². The maximum Gasteiger partial charge on any atom is 0.115 e. The fourth-order valence-corrected chi connectivity index (χ4v) is 1.42. The van der Waals surface area contributed by atoms with Gasteiger partial charge in [0.1, 0.15) is 17.1 Å². The van der Waals surface area contributed by atoms with Crippen LogP contribution in [-0.2, 0) is 5.60 Å². The minimum atomic E-state index is -1.25. The van der Waals surface area contributed by atoms with Gasteiger partial charge in [-0.1, -0.05) is 24.8 Å². The van der Waals surface area contributed by atoms with Crippen LogP contribution >= 0.6 is 0 Å². The zero-order valence-electron chi connectivity index (χ0n) is 10.6. The van der Waals surface area contributed by atoms with Gasteiger partial charge in [-0.15, -0.1) is 0 Å². The second-order valence-electron chi connectivity index (χ2n) is 4.19. The summed E-state index contributed by atoms with van der Waals surface area (Å²) in [6.45, 7) is 7.11. The number of rotatable bonds is 4. The van der Waals surface area contributed by atoms with Crippen LogP contribution in [0.4, 0.5) is 0 Å². The summed E-state index contributed by atoms with van der Waals surface area (Å²) in [5.41, 5.74) is -0.186. The Bertz CT molecular complexity index is 479. The second-order valence-corrected chi connectivity index (χ2v) is 4.19. The summed E-state index contributed by atoms with van der Waals surface area (Å²) < 4.78 is 0. The smallest absolute Gasteiger partial charge is 0.115 e. The highest BCUT2D eigenvalue weighted by Crippen LogP contribution is 2.29. The van der Waals surface area contributed by atoms with Crippen LogP contribution in [0.5, 0.6) is 5.75 Å². The van der Waals surface area contributed by atoms with Crippen LogP contribution in [-0.4, -0.2) is 15.3 Å². The second kappa shape index (κ2) is 5.56. The molecule has 0 aliphatic heterocycles. The first kappa shape index (κ1) is 14.1. The zero-order valence-corrected chi connectivity index (χ0v) is 10.6. The summed E-state index contributed by atoms with van der Waals surface area (Å²) in [5.74, 6) is 0.250. The highest BCUT2D eigenvalue weighted by atomic mass is 16.3. The van der Waals surface area contributed by atoms with E-state index in [0.717, 1.165) is 0 Å². The fourth-order valence-electron chi connectivity index (χ4n) is 1.42. The van der Waals surface area contributed by atoms with E-state index in [4.69, 9.17) is 0 Å². The number of benzene rings is 1. The first-order valence-corrected chi connectivity index (χ1v) is 5.62. The van der Waals surface area contributed by atoms with Gasteiger partial charge in [0.25, 0.3) is 0 Å².